The van der Waals surface area contributed by atoms with Crippen LogP contribution in [0.2, 0.25) is 0 Å². The van der Waals surface area contributed by atoms with Crippen LogP contribution < -0.4 is 4.74 Å². The first-order valence-electron chi connectivity index (χ1n) is 11.8. The van der Waals surface area contributed by atoms with Gasteiger partial charge in [0.15, 0.2) is 0 Å². The van der Waals surface area contributed by atoms with Gasteiger partial charge in [0.05, 0.1) is 16.0 Å². The summed E-state index contributed by atoms with van der Waals surface area (Å²) in [5, 5.41) is 10.6. The van der Waals surface area contributed by atoms with E-state index in [2.05, 4.69) is 4.98 Å². The molecule has 3 aromatic carbocycles. The number of benzene rings is 3. The van der Waals surface area contributed by atoms with Gasteiger partial charge >= 0.3 is 6.18 Å². The second-order valence-corrected chi connectivity index (χ2v) is 11.3. The van der Waals surface area contributed by atoms with Crippen molar-refractivity contribution >= 4 is 20.9 Å². The lowest BCUT2D eigenvalue weighted by atomic mass is 9.95. The van der Waals surface area contributed by atoms with Gasteiger partial charge in [-0.3, -0.25) is 4.98 Å². The molecule has 0 spiro atoms. The fraction of sp³-hybridized carbons (Fsp3) is 0.250. The number of aliphatic hydroxyl groups is 1. The maximum absolute atomic E-state index is 13.6. The van der Waals surface area contributed by atoms with Gasteiger partial charge in [-0.1, -0.05) is 44.2 Å². The third kappa shape index (κ3) is 5.38. The first kappa shape index (κ1) is 27.6. The number of rotatable bonds is 7. The molecule has 1 aromatic heterocycles. The summed E-state index contributed by atoms with van der Waals surface area (Å²) >= 11 is 0. The van der Waals surface area contributed by atoms with Crippen molar-refractivity contribution in [2.75, 3.05) is 7.05 Å². The molecule has 0 bridgehead atoms. The van der Waals surface area contributed by atoms with Gasteiger partial charge in [0, 0.05) is 24.7 Å². The first-order valence-corrected chi connectivity index (χ1v) is 13.2. The number of halogens is 3. The molecule has 4 rings (SSSR count). The minimum absolute atomic E-state index is 0.0518. The molecular weight excluding hydrogens is 517 g/mol. The maximum Gasteiger partial charge on any atom is 0.418 e. The van der Waals surface area contributed by atoms with Crippen LogP contribution in [0.25, 0.3) is 22.0 Å². The highest BCUT2D eigenvalue weighted by atomic mass is 32.2. The molecule has 0 amide bonds. The van der Waals surface area contributed by atoms with Gasteiger partial charge < -0.3 is 9.84 Å². The van der Waals surface area contributed by atoms with E-state index in [9.17, 15) is 26.7 Å². The van der Waals surface area contributed by atoms with Gasteiger partial charge in [-0.15, -0.1) is 0 Å². The molecule has 0 fully saturated rings. The summed E-state index contributed by atoms with van der Waals surface area (Å²) in [5.74, 6) is 0.298. The molecule has 0 aliphatic rings. The van der Waals surface area contributed by atoms with Crippen molar-refractivity contribution in [2.45, 2.75) is 38.1 Å². The van der Waals surface area contributed by atoms with E-state index in [4.69, 9.17) is 4.74 Å². The molecular formula is C28H27F3N2O4S. The molecule has 200 valence electrons. The molecule has 0 radical (unpaired) electrons. The van der Waals surface area contributed by atoms with Crippen LogP contribution in [0.1, 0.15) is 25.0 Å². The second kappa shape index (κ2) is 10.4. The van der Waals surface area contributed by atoms with E-state index in [1.165, 1.54) is 37.5 Å². The van der Waals surface area contributed by atoms with Crippen molar-refractivity contribution in [1.82, 2.24) is 9.29 Å². The van der Waals surface area contributed by atoms with Gasteiger partial charge in [0.1, 0.15) is 17.7 Å². The number of ether oxygens (including phenoxy) is 1. The fourth-order valence-corrected chi connectivity index (χ4v) is 5.59. The Morgan fingerprint density at radius 1 is 0.974 bits per heavy atom. The zero-order valence-electron chi connectivity index (χ0n) is 21.2. The van der Waals surface area contributed by atoms with E-state index < -0.39 is 28.0 Å². The number of aliphatic hydroxyl groups excluding tert-OH is 1. The number of para-hydroxylation sites is 1. The molecule has 0 saturated heterocycles. The Morgan fingerprint density at radius 3 is 2.26 bits per heavy atom. The number of hydrogen-bond acceptors (Lipinski definition) is 5. The van der Waals surface area contributed by atoms with E-state index in [0.29, 0.717) is 27.8 Å². The summed E-state index contributed by atoms with van der Waals surface area (Å²) in [5.41, 5.74) is 0.947. The fourth-order valence-electron chi connectivity index (χ4n) is 4.21. The van der Waals surface area contributed by atoms with Gasteiger partial charge in [-0.05, 0) is 59.9 Å². The summed E-state index contributed by atoms with van der Waals surface area (Å²) in [6.45, 7) is 5.19. The standard InChI is InChI=1S/C28H27F3N2O4S/c1-17(2)27(34)33(4)38(35,36)22-11-6-10-21(15-22)37-20-9-5-8-19(14-20)25-18(3)16-32-26-23(25)12-7-13-24(26)28(29,30)31/h5-17,27,34H,1-4H3. The Morgan fingerprint density at radius 2 is 1.61 bits per heavy atom. The smallest absolute Gasteiger partial charge is 0.418 e. The summed E-state index contributed by atoms with van der Waals surface area (Å²) in [6, 6.07) is 16.7. The lowest BCUT2D eigenvalue weighted by Gasteiger charge is -2.25. The quantitative estimate of drug-likeness (QED) is 0.265. The molecule has 0 aliphatic carbocycles. The average Bonchev–Trinajstić information content (AvgIpc) is 2.87. The third-order valence-corrected chi connectivity index (χ3v) is 8.03. The van der Waals surface area contributed by atoms with Gasteiger partial charge in [0.25, 0.3) is 0 Å². The van der Waals surface area contributed by atoms with Crippen LogP contribution >= 0.6 is 0 Å². The molecule has 38 heavy (non-hydrogen) atoms. The predicted molar refractivity (Wildman–Crippen MR) is 139 cm³/mol. The largest absolute Gasteiger partial charge is 0.457 e. The summed E-state index contributed by atoms with van der Waals surface area (Å²) < 4.78 is 73.6. The summed E-state index contributed by atoms with van der Waals surface area (Å²) in [7, 11) is -2.68. The first-order chi connectivity index (χ1) is 17.8. The number of hydrogen-bond donors (Lipinski definition) is 1. The van der Waals surface area contributed by atoms with Gasteiger partial charge in [-0.2, -0.15) is 17.5 Å². The lowest BCUT2D eigenvalue weighted by molar-refractivity contribution is -0.136. The molecule has 4 aromatic rings. The van der Waals surface area contributed by atoms with Crippen LogP contribution in [0.3, 0.4) is 0 Å². The molecule has 0 aliphatic heterocycles. The molecule has 6 nitrogen and oxygen atoms in total. The van der Waals surface area contributed by atoms with E-state index in [0.717, 1.165) is 10.4 Å². The van der Waals surface area contributed by atoms with Crippen molar-refractivity contribution in [3.05, 3.63) is 84.1 Å². The Kier molecular flexibility index (Phi) is 7.51. The Hall–Kier alpha value is -3.47. The van der Waals surface area contributed by atoms with Gasteiger partial charge in [0.2, 0.25) is 10.0 Å². The second-order valence-electron chi connectivity index (χ2n) is 9.30. The summed E-state index contributed by atoms with van der Waals surface area (Å²) in [6.07, 6.45) is -4.33. The van der Waals surface area contributed by atoms with Gasteiger partial charge in [-0.25, -0.2) is 8.42 Å². The van der Waals surface area contributed by atoms with Crippen LogP contribution in [-0.2, 0) is 16.2 Å². The highest BCUT2D eigenvalue weighted by Gasteiger charge is 2.33. The van der Waals surface area contributed by atoms with Crippen molar-refractivity contribution in [2.24, 2.45) is 5.92 Å². The maximum atomic E-state index is 13.6. The molecule has 1 N–H and O–H groups in total. The Bertz CT molecular complexity index is 1590. The number of sulfonamides is 1. The van der Waals surface area contributed by atoms with Crippen LogP contribution in [0, 0.1) is 12.8 Å². The zero-order chi connectivity index (χ0) is 27.8. The van der Waals surface area contributed by atoms with E-state index in [1.807, 2.05) is 0 Å². The average molecular weight is 545 g/mol. The normalized spacial score (nSPS) is 13.3. The summed E-state index contributed by atoms with van der Waals surface area (Å²) in [4.78, 5) is 4.01. The molecule has 1 atom stereocenters. The van der Waals surface area contributed by atoms with Crippen molar-refractivity contribution < 1.29 is 31.4 Å². The predicted octanol–water partition coefficient (Wildman–Crippen LogP) is 6.62. The van der Waals surface area contributed by atoms with E-state index >= 15 is 0 Å². The number of aryl methyl sites for hydroxylation is 1. The highest BCUT2D eigenvalue weighted by Crippen LogP contribution is 2.39. The number of nitrogens with zero attached hydrogens (tertiary/aromatic N) is 2. The van der Waals surface area contributed by atoms with Crippen molar-refractivity contribution in [3.8, 4) is 22.6 Å². The molecule has 10 heteroatoms. The van der Waals surface area contributed by atoms with E-state index in [1.54, 1.807) is 57.2 Å². The van der Waals surface area contributed by atoms with Crippen LogP contribution in [-0.4, -0.2) is 36.1 Å². The Balaban J connectivity index is 1.71. The van der Waals surface area contributed by atoms with E-state index in [-0.39, 0.29) is 22.1 Å². The number of pyridine rings is 1. The minimum Gasteiger partial charge on any atom is -0.457 e. The van der Waals surface area contributed by atoms with Crippen LogP contribution in [0.4, 0.5) is 13.2 Å². The Labute approximate surface area is 219 Å². The monoisotopic (exact) mass is 544 g/mol. The molecule has 1 unspecified atom stereocenters. The van der Waals surface area contributed by atoms with Crippen molar-refractivity contribution in [1.29, 1.82) is 0 Å². The number of aromatic nitrogens is 1. The zero-order valence-corrected chi connectivity index (χ0v) is 22.0. The topological polar surface area (TPSA) is 79.7 Å². The highest BCUT2D eigenvalue weighted by molar-refractivity contribution is 7.89. The lowest BCUT2D eigenvalue weighted by Crippen LogP contribution is -2.40. The van der Waals surface area contributed by atoms with Crippen LogP contribution in [0.5, 0.6) is 11.5 Å². The minimum atomic E-state index is -4.55. The molecule has 0 saturated carbocycles. The van der Waals surface area contributed by atoms with Crippen LogP contribution in [0.15, 0.2) is 77.8 Å². The molecule has 1 heterocycles. The third-order valence-electron chi connectivity index (χ3n) is 6.20. The number of fused-ring (bicyclic) bond motifs is 1. The SMILES string of the molecule is Cc1cnc2c(C(F)(F)F)cccc2c1-c1cccc(Oc2cccc(S(=O)(=O)N(C)C(O)C(C)C)c2)c1. The number of alkyl halides is 3. The van der Waals surface area contributed by atoms with Crippen molar-refractivity contribution in [3.63, 3.8) is 0 Å².